The second-order valence-corrected chi connectivity index (χ2v) is 5.14. The van der Waals surface area contributed by atoms with E-state index < -0.39 is 0 Å². The van der Waals surface area contributed by atoms with Crippen LogP contribution >= 0.6 is 0 Å². The Bertz CT molecular complexity index is 492. The number of aromatic nitrogens is 1. The molecule has 0 atom stereocenters. The lowest BCUT2D eigenvalue weighted by Crippen LogP contribution is -2.10. The average Bonchev–Trinajstić information content (AvgIpc) is 2.15. The Kier molecular flexibility index (Phi) is 2.26. The second kappa shape index (κ2) is 3.34. The normalized spacial score (nSPS) is 12.0. The van der Waals surface area contributed by atoms with Crippen molar-refractivity contribution in [1.29, 1.82) is 0 Å². The molecular formula is C14H17N. The quantitative estimate of drug-likeness (QED) is 0.628. The van der Waals surface area contributed by atoms with Gasteiger partial charge in [0.2, 0.25) is 0 Å². The van der Waals surface area contributed by atoms with Gasteiger partial charge in [0.25, 0.3) is 0 Å². The summed E-state index contributed by atoms with van der Waals surface area (Å²) < 4.78 is 0. The van der Waals surface area contributed by atoms with E-state index in [1.807, 2.05) is 13.1 Å². The van der Waals surface area contributed by atoms with Gasteiger partial charge in [0.15, 0.2) is 0 Å². The summed E-state index contributed by atoms with van der Waals surface area (Å²) in [7, 11) is 0. The zero-order valence-electron chi connectivity index (χ0n) is 9.83. The van der Waals surface area contributed by atoms with Crippen molar-refractivity contribution in [2.24, 2.45) is 0 Å². The summed E-state index contributed by atoms with van der Waals surface area (Å²) in [6, 6.07) is 8.76. The fourth-order valence-corrected chi connectivity index (χ4v) is 1.72. The van der Waals surface area contributed by atoms with Crippen molar-refractivity contribution in [3.8, 4) is 0 Å². The Morgan fingerprint density at radius 1 is 1.00 bits per heavy atom. The largest absolute Gasteiger partial charge is 0.261 e. The lowest BCUT2D eigenvalue weighted by molar-refractivity contribution is 0.591. The van der Waals surface area contributed by atoms with Gasteiger partial charge in [-0.05, 0) is 29.4 Å². The van der Waals surface area contributed by atoms with E-state index >= 15 is 0 Å². The van der Waals surface area contributed by atoms with E-state index in [1.165, 1.54) is 16.3 Å². The van der Waals surface area contributed by atoms with Gasteiger partial charge in [-0.2, -0.15) is 0 Å². The molecule has 2 aromatic rings. The van der Waals surface area contributed by atoms with Crippen molar-refractivity contribution in [3.63, 3.8) is 0 Å². The first-order chi connectivity index (χ1) is 6.97. The van der Waals surface area contributed by atoms with Gasteiger partial charge in [-0.3, -0.25) is 4.98 Å². The number of aryl methyl sites for hydroxylation is 1. The van der Waals surface area contributed by atoms with Crippen LogP contribution in [0.1, 0.15) is 32.0 Å². The van der Waals surface area contributed by atoms with E-state index in [4.69, 9.17) is 0 Å². The Labute approximate surface area is 91.2 Å². The predicted molar refractivity (Wildman–Crippen MR) is 65.2 cm³/mol. The zero-order valence-corrected chi connectivity index (χ0v) is 9.83. The van der Waals surface area contributed by atoms with Crippen LogP contribution in [0.3, 0.4) is 0 Å². The number of benzene rings is 1. The zero-order chi connectivity index (χ0) is 11.1. The lowest BCUT2D eigenvalue weighted by atomic mass is 9.86. The fourth-order valence-electron chi connectivity index (χ4n) is 1.72. The van der Waals surface area contributed by atoms with Gasteiger partial charge in [-0.1, -0.05) is 39.0 Å². The summed E-state index contributed by atoms with van der Waals surface area (Å²) in [4.78, 5) is 4.30. The molecule has 0 amide bonds. The van der Waals surface area contributed by atoms with Crippen LogP contribution in [0.25, 0.3) is 10.8 Å². The van der Waals surface area contributed by atoms with Gasteiger partial charge >= 0.3 is 0 Å². The number of hydrogen-bond donors (Lipinski definition) is 0. The number of rotatable bonds is 0. The molecule has 2 rings (SSSR count). The summed E-state index contributed by atoms with van der Waals surface area (Å²) in [6.45, 7) is 8.75. The van der Waals surface area contributed by atoms with E-state index in [9.17, 15) is 0 Å². The summed E-state index contributed by atoms with van der Waals surface area (Å²) in [5.74, 6) is 0. The van der Waals surface area contributed by atoms with Gasteiger partial charge in [-0.15, -0.1) is 0 Å². The third kappa shape index (κ3) is 2.01. The molecule has 0 aliphatic rings. The summed E-state index contributed by atoms with van der Waals surface area (Å²) in [5.41, 5.74) is 2.67. The molecule has 15 heavy (non-hydrogen) atoms. The molecule has 1 aromatic heterocycles. The third-order valence-corrected chi connectivity index (χ3v) is 2.72. The smallest absolute Gasteiger partial charge is 0.0379 e. The minimum Gasteiger partial charge on any atom is -0.261 e. The predicted octanol–water partition coefficient (Wildman–Crippen LogP) is 3.84. The van der Waals surface area contributed by atoms with Crippen LogP contribution in [0.4, 0.5) is 0 Å². The van der Waals surface area contributed by atoms with Crippen LogP contribution in [0, 0.1) is 6.92 Å². The van der Waals surface area contributed by atoms with Crippen LogP contribution in [-0.2, 0) is 5.41 Å². The van der Waals surface area contributed by atoms with Gasteiger partial charge in [0, 0.05) is 17.3 Å². The van der Waals surface area contributed by atoms with Gasteiger partial charge < -0.3 is 0 Å². The molecule has 0 saturated heterocycles. The van der Waals surface area contributed by atoms with Crippen molar-refractivity contribution in [2.45, 2.75) is 33.1 Å². The topological polar surface area (TPSA) is 12.9 Å². The van der Waals surface area contributed by atoms with E-state index in [0.717, 1.165) is 5.69 Å². The molecule has 0 aliphatic heterocycles. The molecule has 1 heteroatoms. The maximum absolute atomic E-state index is 4.30. The Morgan fingerprint density at radius 3 is 2.40 bits per heavy atom. The average molecular weight is 199 g/mol. The Balaban J connectivity index is 2.64. The molecule has 0 radical (unpaired) electrons. The first kappa shape index (κ1) is 10.2. The highest BCUT2D eigenvalue weighted by molar-refractivity contribution is 5.82. The highest BCUT2D eigenvalue weighted by Gasteiger charge is 2.13. The van der Waals surface area contributed by atoms with E-state index in [-0.39, 0.29) is 5.41 Å². The Hall–Kier alpha value is -1.37. The lowest BCUT2D eigenvalue weighted by Gasteiger charge is -2.19. The van der Waals surface area contributed by atoms with Crippen molar-refractivity contribution in [2.75, 3.05) is 0 Å². The van der Waals surface area contributed by atoms with Crippen molar-refractivity contribution >= 4 is 10.8 Å². The summed E-state index contributed by atoms with van der Waals surface area (Å²) in [5, 5.41) is 2.50. The molecule has 0 spiro atoms. The molecule has 0 saturated carbocycles. The first-order valence-corrected chi connectivity index (χ1v) is 5.34. The van der Waals surface area contributed by atoms with Crippen LogP contribution in [0.5, 0.6) is 0 Å². The van der Waals surface area contributed by atoms with Crippen LogP contribution in [0.15, 0.2) is 30.5 Å². The van der Waals surface area contributed by atoms with Gasteiger partial charge in [0.05, 0.1) is 0 Å². The second-order valence-electron chi connectivity index (χ2n) is 5.14. The number of nitrogens with zero attached hydrogens (tertiary/aromatic N) is 1. The Morgan fingerprint density at radius 2 is 1.73 bits per heavy atom. The molecule has 0 bridgehead atoms. The van der Waals surface area contributed by atoms with Crippen LogP contribution in [-0.4, -0.2) is 4.98 Å². The van der Waals surface area contributed by atoms with E-state index in [0.29, 0.717) is 0 Å². The molecule has 1 heterocycles. The minimum absolute atomic E-state index is 0.214. The molecule has 0 aliphatic carbocycles. The summed E-state index contributed by atoms with van der Waals surface area (Å²) >= 11 is 0. The van der Waals surface area contributed by atoms with Crippen LogP contribution in [0.2, 0.25) is 0 Å². The maximum atomic E-state index is 4.30. The van der Waals surface area contributed by atoms with E-state index in [2.05, 4.69) is 50.0 Å². The van der Waals surface area contributed by atoms with Crippen molar-refractivity contribution < 1.29 is 0 Å². The molecule has 0 N–H and O–H groups in total. The number of fused-ring (bicyclic) bond motifs is 1. The molecule has 78 valence electrons. The minimum atomic E-state index is 0.214. The SMILES string of the molecule is Cc1cc2cc(C(C)(C)C)ccc2cn1. The van der Waals surface area contributed by atoms with E-state index in [1.54, 1.807) is 0 Å². The molecule has 0 fully saturated rings. The van der Waals surface area contributed by atoms with Gasteiger partial charge in [0.1, 0.15) is 0 Å². The van der Waals surface area contributed by atoms with Crippen molar-refractivity contribution in [1.82, 2.24) is 4.98 Å². The highest BCUT2D eigenvalue weighted by atomic mass is 14.6. The highest BCUT2D eigenvalue weighted by Crippen LogP contribution is 2.25. The molecule has 1 aromatic carbocycles. The number of hydrogen-bond acceptors (Lipinski definition) is 1. The maximum Gasteiger partial charge on any atom is 0.0379 e. The van der Waals surface area contributed by atoms with Gasteiger partial charge in [-0.25, -0.2) is 0 Å². The fraction of sp³-hybridized carbons (Fsp3) is 0.357. The standard InChI is InChI=1S/C14H17N/c1-10-7-12-8-13(14(2,3)4)6-5-11(12)9-15-10/h5-9H,1-4H3. The summed E-state index contributed by atoms with van der Waals surface area (Å²) in [6.07, 6.45) is 1.94. The van der Waals surface area contributed by atoms with Crippen molar-refractivity contribution in [3.05, 3.63) is 41.7 Å². The third-order valence-electron chi connectivity index (χ3n) is 2.72. The molecule has 1 nitrogen and oxygen atoms in total. The number of pyridine rings is 1. The molecule has 0 unspecified atom stereocenters. The first-order valence-electron chi connectivity index (χ1n) is 5.34. The van der Waals surface area contributed by atoms with Crippen LogP contribution < -0.4 is 0 Å². The molecular weight excluding hydrogens is 182 g/mol. The monoisotopic (exact) mass is 199 g/mol.